The first kappa shape index (κ1) is 20.9. The van der Waals surface area contributed by atoms with Crippen LogP contribution >= 0.6 is 0 Å². The minimum atomic E-state index is -1.20. The summed E-state index contributed by atoms with van der Waals surface area (Å²) in [5.74, 6) is -0.778. The van der Waals surface area contributed by atoms with Crippen LogP contribution in [0.25, 0.3) is 17.0 Å². The highest BCUT2D eigenvalue weighted by Crippen LogP contribution is 2.27. The van der Waals surface area contributed by atoms with Crippen molar-refractivity contribution < 1.29 is 14.4 Å². The Labute approximate surface area is 184 Å². The van der Waals surface area contributed by atoms with Crippen LogP contribution in [0.3, 0.4) is 0 Å². The summed E-state index contributed by atoms with van der Waals surface area (Å²) in [6.45, 7) is 2.18. The second-order valence-electron chi connectivity index (χ2n) is 7.64. The summed E-state index contributed by atoms with van der Waals surface area (Å²) in [7, 11) is 0. The maximum absolute atomic E-state index is 12.5. The SMILES string of the molecule is CC1(c2cccc(NC(=O)/C=C/c3cn(CCC#N)c4ccccc34)c2)NC(=O)NC1=O. The third-order valence-corrected chi connectivity index (χ3v) is 5.45. The Hall–Kier alpha value is -4.38. The van der Waals surface area contributed by atoms with Crippen molar-refractivity contribution in [2.45, 2.75) is 25.4 Å². The summed E-state index contributed by atoms with van der Waals surface area (Å²) >= 11 is 0. The Morgan fingerprint density at radius 1 is 1.22 bits per heavy atom. The molecule has 2 aromatic carbocycles. The molecule has 1 aromatic heterocycles. The molecule has 0 radical (unpaired) electrons. The summed E-state index contributed by atoms with van der Waals surface area (Å²) in [5, 5.41) is 17.5. The van der Waals surface area contributed by atoms with E-state index in [9.17, 15) is 14.4 Å². The van der Waals surface area contributed by atoms with Crippen LogP contribution in [0.2, 0.25) is 0 Å². The highest BCUT2D eigenvalue weighted by molar-refractivity contribution is 6.07. The summed E-state index contributed by atoms with van der Waals surface area (Å²) in [5.41, 5.74) is 1.74. The van der Waals surface area contributed by atoms with Gasteiger partial charge in [-0.3, -0.25) is 14.9 Å². The minimum Gasteiger partial charge on any atom is -0.346 e. The van der Waals surface area contributed by atoms with E-state index in [2.05, 4.69) is 22.0 Å². The molecule has 1 saturated heterocycles. The number of nitriles is 1. The molecule has 8 nitrogen and oxygen atoms in total. The Kier molecular flexibility index (Phi) is 5.48. The van der Waals surface area contributed by atoms with E-state index in [1.165, 1.54) is 6.08 Å². The van der Waals surface area contributed by atoms with E-state index in [0.717, 1.165) is 16.5 Å². The number of aromatic nitrogens is 1. The average molecular weight is 427 g/mol. The van der Waals surface area contributed by atoms with E-state index in [1.54, 1.807) is 37.3 Å². The molecule has 32 heavy (non-hydrogen) atoms. The summed E-state index contributed by atoms with van der Waals surface area (Å²) in [6.07, 6.45) is 5.50. The normalized spacial score (nSPS) is 17.9. The van der Waals surface area contributed by atoms with Gasteiger partial charge in [0.05, 0.1) is 12.5 Å². The third-order valence-electron chi connectivity index (χ3n) is 5.45. The van der Waals surface area contributed by atoms with Crippen LogP contribution in [0.1, 0.15) is 24.5 Å². The number of amides is 4. The molecule has 1 aliphatic rings. The number of hydrogen-bond donors (Lipinski definition) is 3. The number of urea groups is 1. The average Bonchev–Trinajstić information content (AvgIpc) is 3.27. The topological polar surface area (TPSA) is 116 Å². The molecule has 160 valence electrons. The van der Waals surface area contributed by atoms with Crippen molar-refractivity contribution in [2.24, 2.45) is 0 Å². The van der Waals surface area contributed by atoms with Crippen LogP contribution in [-0.2, 0) is 21.7 Å². The maximum Gasteiger partial charge on any atom is 0.322 e. The zero-order valence-electron chi connectivity index (χ0n) is 17.4. The van der Waals surface area contributed by atoms with Crippen LogP contribution in [0.15, 0.2) is 60.8 Å². The molecule has 1 atom stereocenters. The molecule has 0 saturated carbocycles. The van der Waals surface area contributed by atoms with Crippen molar-refractivity contribution >= 4 is 40.5 Å². The second-order valence-corrected chi connectivity index (χ2v) is 7.64. The van der Waals surface area contributed by atoms with Crippen molar-refractivity contribution in [3.05, 3.63) is 71.9 Å². The molecule has 4 rings (SSSR count). The third kappa shape index (κ3) is 3.96. The Bertz CT molecular complexity index is 1300. The molecule has 3 aromatic rings. The molecule has 0 bridgehead atoms. The van der Waals surface area contributed by atoms with Crippen LogP contribution in [0.4, 0.5) is 10.5 Å². The molecule has 3 N–H and O–H groups in total. The lowest BCUT2D eigenvalue weighted by molar-refractivity contribution is -0.123. The van der Waals surface area contributed by atoms with Crippen LogP contribution in [-0.4, -0.2) is 22.4 Å². The monoisotopic (exact) mass is 427 g/mol. The number of carbonyl (C=O) groups excluding carboxylic acids is 3. The lowest BCUT2D eigenvalue weighted by Crippen LogP contribution is -2.40. The predicted molar refractivity (Wildman–Crippen MR) is 120 cm³/mol. The van der Waals surface area contributed by atoms with E-state index < -0.39 is 17.5 Å². The van der Waals surface area contributed by atoms with E-state index in [-0.39, 0.29) is 5.91 Å². The van der Waals surface area contributed by atoms with Gasteiger partial charge in [0.1, 0.15) is 5.54 Å². The van der Waals surface area contributed by atoms with Gasteiger partial charge in [0, 0.05) is 41.0 Å². The fourth-order valence-electron chi connectivity index (χ4n) is 3.77. The molecule has 1 unspecified atom stereocenters. The quantitative estimate of drug-likeness (QED) is 0.414. The van der Waals surface area contributed by atoms with Gasteiger partial charge in [-0.2, -0.15) is 5.26 Å². The molecule has 1 aliphatic heterocycles. The lowest BCUT2D eigenvalue weighted by atomic mass is 9.92. The van der Waals surface area contributed by atoms with Gasteiger partial charge in [0.25, 0.3) is 5.91 Å². The van der Waals surface area contributed by atoms with Gasteiger partial charge in [-0.05, 0) is 36.8 Å². The first-order valence-corrected chi connectivity index (χ1v) is 10.1. The first-order chi connectivity index (χ1) is 15.4. The Morgan fingerprint density at radius 2 is 2.03 bits per heavy atom. The lowest BCUT2D eigenvalue weighted by Gasteiger charge is -2.21. The number of hydrogen-bond acceptors (Lipinski definition) is 4. The first-order valence-electron chi connectivity index (χ1n) is 10.1. The Morgan fingerprint density at radius 3 is 2.78 bits per heavy atom. The van der Waals surface area contributed by atoms with Crippen LogP contribution < -0.4 is 16.0 Å². The number of benzene rings is 2. The van der Waals surface area contributed by atoms with Gasteiger partial charge in [0.15, 0.2) is 0 Å². The number of fused-ring (bicyclic) bond motifs is 1. The number of aryl methyl sites for hydroxylation is 1. The largest absolute Gasteiger partial charge is 0.346 e. The van der Waals surface area contributed by atoms with E-state index in [1.807, 2.05) is 35.0 Å². The standard InChI is InChI=1S/C24H21N5O3/c1-24(22(31)27-23(32)28-24)17-6-4-7-18(14-17)26-21(30)11-10-16-15-29(13-5-12-25)20-9-3-2-8-19(16)20/h2-4,6-11,14-15H,5,13H2,1H3,(H,26,30)(H2,27,28,31,32)/b11-10+. The smallest absolute Gasteiger partial charge is 0.322 e. The fraction of sp³-hybridized carbons (Fsp3) is 0.167. The van der Waals surface area contributed by atoms with Crippen LogP contribution in [0, 0.1) is 11.3 Å². The highest BCUT2D eigenvalue weighted by atomic mass is 16.2. The number of imide groups is 1. The Balaban J connectivity index is 1.52. The van der Waals surface area contributed by atoms with E-state index in [4.69, 9.17) is 5.26 Å². The number of para-hydroxylation sites is 1. The zero-order valence-corrected chi connectivity index (χ0v) is 17.4. The molecule has 4 amide bonds. The molecule has 1 fully saturated rings. The van der Waals surface area contributed by atoms with E-state index in [0.29, 0.717) is 24.2 Å². The number of nitrogens with zero attached hydrogens (tertiary/aromatic N) is 2. The van der Waals surface area contributed by atoms with Gasteiger partial charge in [-0.25, -0.2) is 4.79 Å². The number of nitrogens with one attached hydrogen (secondary N) is 3. The zero-order chi connectivity index (χ0) is 22.7. The van der Waals surface area contributed by atoms with Gasteiger partial charge in [0.2, 0.25) is 5.91 Å². The molecule has 8 heteroatoms. The summed E-state index contributed by atoms with van der Waals surface area (Å²) in [6, 6.07) is 16.2. The number of rotatable bonds is 6. The van der Waals surface area contributed by atoms with Crippen LogP contribution in [0.5, 0.6) is 0 Å². The minimum absolute atomic E-state index is 0.332. The number of anilines is 1. The molecule has 0 spiro atoms. The van der Waals surface area contributed by atoms with Crippen molar-refractivity contribution in [3.8, 4) is 6.07 Å². The second kappa shape index (κ2) is 8.40. The number of carbonyl (C=O) groups is 3. The molecule has 2 heterocycles. The highest BCUT2D eigenvalue weighted by Gasteiger charge is 2.43. The summed E-state index contributed by atoms with van der Waals surface area (Å²) < 4.78 is 2.00. The fourth-order valence-corrected chi connectivity index (χ4v) is 3.77. The molecular weight excluding hydrogens is 406 g/mol. The molecular formula is C24H21N5O3. The molecule has 0 aliphatic carbocycles. The van der Waals surface area contributed by atoms with E-state index >= 15 is 0 Å². The van der Waals surface area contributed by atoms with Gasteiger partial charge in [-0.15, -0.1) is 0 Å². The van der Waals surface area contributed by atoms with Gasteiger partial charge in [-0.1, -0.05) is 30.3 Å². The maximum atomic E-state index is 12.5. The van der Waals surface area contributed by atoms with Crippen molar-refractivity contribution in [2.75, 3.05) is 5.32 Å². The van der Waals surface area contributed by atoms with Crippen molar-refractivity contribution in [1.29, 1.82) is 5.26 Å². The van der Waals surface area contributed by atoms with Gasteiger partial charge >= 0.3 is 6.03 Å². The summed E-state index contributed by atoms with van der Waals surface area (Å²) in [4.78, 5) is 36.2. The van der Waals surface area contributed by atoms with Gasteiger partial charge < -0.3 is 15.2 Å². The van der Waals surface area contributed by atoms with Crippen molar-refractivity contribution in [3.63, 3.8) is 0 Å². The predicted octanol–water partition coefficient (Wildman–Crippen LogP) is 3.26. The van der Waals surface area contributed by atoms with Crippen molar-refractivity contribution in [1.82, 2.24) is 15.2 Å².